The Bertz CT molecular complexity index is 1390. The van der Waals surface area contributed by atoms with E-state index in [1.54, 1.807) is 17.0 Å². The Morgan fingerprint density at radius 2 is 1.97 bits per heavy atom. The van der Waals surface area contributed by atoms with E-state index in [0.717, 1.165) is 16.8 Å². The zero-order chi connectivity index (χ0) is 24.4. The van der Waals surface area contributed by atoms with Crippen LogP contribution in [0.15, 0.2) is 72.5 Å². The molecule has 0 saturated heterocycles. The van der Waals surface area contributed by atoms with Crippen molar-refractivity contribution in [3.8, 4) is 17.0 Å². The number of allylic oxidation sites excluding steroid dienone is 3. The summed E-state index contributed by atoms with van der Waals surface area (Å²) in [5.41, 5.74) is 10.4. The second-order valence-corrected chi connectivity index (χ2v) is 8.85. The molecule has 5 rings (SSSR count). The third-order valence-electron chi connectivity index (χ3n) is 5.59. The van der Waals surface area contributed by atoms with Crippen LogP contribution in [-0.2, 0) is 13.1 Å². The first-order valence-electron chi connectivity index (χ1n) is 10.9. The smallest absolute Gasteiger partial charge is 0.322 e. The fourth-order valence-corrected chi connectivity index (χ4v) is 4.45. The number of urea groups is 1. The summed E-state index contributed by atoms with van der Waals surface area (Å²) >= 11 is 12.9. The van der Waals surface area contributed by atoms with Crippen molar-refractivity contribution in [3.05, 3.63) is 99.3 Å². The number of anilines is 1. The first-order chi connectivity index (χ1) is 17.0. The summed E-state index contributed by atoms with van der Waals surface area (Å²) in [6, 6.07) is 13.0. The number of hydrogen-bond acceptors (Lipinski definition) is 5. The van der Waals surface area contributed by atoms with Gasteiger partial charge in [0.25, 0.3) is 0 Å². The van der Waals surface area contributed by atoms with Gasteiger partial charge in [-0.1, -0.05) is 65.7 Å². The van der Waals surface area contributed by atoms with Crippen molar-refractivity contribution in [1.82, 2.24) is 20.2 Å². The fraction of sp³-hybridized carbons (Fsp3) is 0.115. The number of nitrogens with two attached hydrogens (primary N) is 1. The van der Waals surface area contributed by atoms with Crippen molar-refractivity contribution < 1.29 is 9.53 Å². The van der Waals surface area contributed by atoms with Gasteiger partial charge < -0.3 is 20.7 Å². The van der Waals surface area contributed by atoms with E-state index in [9.17, 15) is 4.79 Å². The van der Waals surface area contributed by atoms with E-state index in [1.165, 1.54) is 0 Å². The third kappa shape index (κ3) is 5.01. The number of nitrogen functional groups attached to an aromatic ring is 1. The molecule has 1 aromatic heterocycles. The van der Waals surface area contributed by atoms with Gasteiger partial charge in [0.15, 0.2) is 0 Å². The summed E-state index contributed by atoms with van der Waals surface area (Å²) in [7, 11) is 0. The van der Waals surface area contributed by atoms with E-state index in [2.05, 4.69) is 15.3 Å². The number of fused-ring (bicyclic) bond motifs is 1. The van der Waals surface area contributed by atoms with Crippen molar-refractivity contribution in [2.24, 2.45) is 0 Å². The first kappa shape index (κ1) is 23.0. The van der Waals surface area contributed by atoms with Gasteiger partial charge in [-0.2, -0.15) is 0 Å². The normalized spacial score (nSPS) is 14.0. The predicted octanol–water partition coefficient (Wildman–Crippen LogP) is 5.60. The average Bonchev–Trinajstić information content (AvgIpc) is 3.23. The van der Waals surface area contributed by atoms with Crippen LogP contribution < -0.4 is 15.8 Å². The van der Waals surface area contributed by atoms with Gasteiger partial charge in [-0.15, -0.1) is 0 Å². The molecule has 1 aliphatic carbocycles. The number of amides is 2. The summed E-state index contributed by atoms with van der Waals surface area (Å²) < 4.78 is 6.06. The first-order valence-corrected chi connectivity index (χ1v) is 11.7. The van der Waals surface area contributed by atoms with Crippen LogP contribution in [0.5, 0.6) is 5.75 Å². The number of halogens is 2. The number of benzene rings is 2. The van der Waals surface area contributed by atoms with Gasteiger partial charge in [0, 0.05) is 16.3 Å². The topological polar surface area (TPSA) is 93.4 Å². The number of aromatic nitrogens is 2. The minimum atomic E-state index is -0.229. The van der Waals surface area contributed by atoms with Gasteiger partial charge in [0.2, 0.25) is 5.95 Å². The lowest BCUT2D eigenvalue weighted by Gasteiger charge is -2.18. The molecule has 176 valence electrons. The standard InChI is InChI=1S/C26H21Cl2N5O2/c27-17-12-20(28)23(22(13-17)35-11-5-8-16-6-2-1-3-7-16)24-19-14-33(15-21(19)31-25(29)32-24)26(34)30-18-9-4-10-18/h1-10,12-13H,11,14-15H2,(H,30,34)(H2,29,31,32)/b8-5+. The molecular formula is C26H21Cl2N5O2. The second kappa shape index (κ2) is 9.82. The lowest BCUT2D eigenvalue weighted by atomic mass is 10.0. The number of nitrogens with one attached hydrogen (secondary N) is 1. The Morgan fingerprint density at radius 3 is 2.71 bits per heavy atom. The highest BCUT2D eigenvalue weighted by Crippen LogP contribution is 2.42. The van der Waals surface area contributed by atoms with Crippen LogP contribution in [0.3, 0.4) is 0 Å². The van der Waals surface area contributed by atoms with E-state index >= 15 is 0 Å². The maximum absolute atomic E-state index is 12.7. The molecule has 3 aromatic rings. The molecule has 1 aliphatic heterocycles. The molecule has 9 heteroatoms. The van der Waals surface area contributed by atoms with Gasteiger partial charge in [0.05, 0.1) is 35.1 Å². The number of carbonyl (C=O) groups is 1. The zero-order valence-corrected chi connectivity index (χ0v) is 20.1. The molecule has 0 saturated carbocycles. The molecule has 0 spiro atoms. The molecule has 7 nitrogen and oxygen atoms in total. The van der Waals surface area contributed by atoms with Gasteiger partial charge in [-0.05, 0) is 35.9 Å². The van der Waals surface area contributed by atoms with E-state index in [4.69, 9.17) is 33.7 Å². The predicted molar refractivity (Wildman–Crippen MR) is 138 cm³/mol. The quantitative estimate of drug-likeness (QED) is 0.454. The van der Waals surface area contributed by atoms with E-state index in [-0.39, 0.29) is 12.0 Å². The van der Waals surface area contributed by atoms with Crippen LogP contribution in [0.2, 0.25) is 10.0 Å². The van der Waals surface area contributed by atoms with Gasteiger partial charge >= 0.3 is 6.03 Å². The Morgan fingerprint density at radius 1 is 1.17 bits per heavy atom. The van der Waals surface area contributed by atoms with Crippen LogP contribution in [0.25, 0.3) is 17.3 Å². The number of nitrogens with zero attached hydrogens (tertiary/aromatic N) is 3. The number of carbonyl (C=O) groups excluding carboxylic acids is 1. The number of rotatable bonds is 6. The highest BCUT2D eigenvalue weighted by Gasteiger charge is 2.31. The minimum absolute atomic E-state index is 0.0894. The minimum Gasteiger partial charge on any atom is -0.489 e. The van der Waals surface area contributed by atoms with Crippen LogP contribution in [0, 0.1) is 0 Å². The summed E-state index contributed by atoms with van der Waals surface area (Å²) in [5.74, 6) is 0.555. The Labute approximate surface area is 212 Å². The van der Waals surface area contributed by atoms with E-state index in [1.807, 2.05) is 60.7 Å². The van der Waals surface area contributed by atoms with E-state index in [0.29, 0.717) is 52.4 Å². The largest absolute Gasteiger partial charge is 0.489 e. The summed E-state index contributed by atoms with van der Waals surface area (Å²) in [6.45, 7) is 0.900. The molecule has 35 heavy (non-hydrogen) atoms. The molecule has 0 unspecified atom stereocenters. The Kier molecular flexibility index (Phi) is 6.44. The maximum Gasteiger partial charge on any atom is 0.322 e. The summed E-state index contributed by atoms with van der Waals surface area (Å²) in [6.07, 6.45) is 9.39. The highest BCUT2D eigenvalue weighted by molar-refractivity contribution is 6.37. The Hall–Kier alpha value is -3.81. The highest BCUT2D eigenvalue weighted by atomic mass is 35.5. The average molecular weight is 506 g/mol. The third-order valence-corrected chi connectivity index (χ3v) is 6.11. The number of ether oxygens (including phenoxy) is 1. The SMILES string of the molecule is Nc1nc2c(c(-c3c(Cl)cc(Cl)cc3OC/C=C/c3ccccc3)n1)CN(C(=O)NC1=CC=C1)C2. The second-order valence-electron chi connectivity index (χ2n) is 8.01. The molecule has 0 fully saturated rings. The zero-order valence-electron chi connectivity index (χ0n) is 18.5. The Balaban J connectivity index is 1.43. The molecule has 0 atom stereocenters. The molecule has 0 radical (unpaired) electrons. The molecule has 2 heterocycles. The molecule has 2 aliphatic rings. The fourth-order valence-electron chi connectivity index (χ4n) is 3.88. The molecule has 2 amide bonds. The van der Waals surface area contributed by atoms with Gasteiger partial charge in [-0.3, -0.25) is 0 Å². The molecular weight excluding hydrogens is 485 g/mol. The summed E-state index contributed by atoms with van der Waals surface area (Å²) in [4.78, 5) is 23.2. The van der Waals surface area contributed by atoms with Crippen LogP contribution in [-0.4, -0.2) is 27.5 Å². The van der Waals surface area contributed by atoms with Crippen LogP contribution >= 0.6 is 23.2 Å². The monoisotopic (exact) mass is 505 g/mol. The van der Waals surface area contributed by atoms with Gasteiger partial charge in [-0.25, -0.2) is 14.8 Å². The lowest BCUT2D eigenvalue weighted by Crippen LogP contribution is -2.36. The molecule has 0 bridgehead atoms. The van der Waals surface area contributed by atoms with Crippen LogP contribution in [0.4, 0.5) is 10.7 Å². The van der Waals surface area contributed by atoms with Crippen molar-refractivity contribution in [2.75, 3.05) is 12.3 Å². The van der Waals surface area contributed by atoms with Crippen molar-refractivity contribution in [3.63, 3.8) is 0 Å². The van der Waals surface area contributed by atoms with Crippen molar-refractivity contribution in [1.29, 1.82) is 0 Å². The van der Waals surface area contributed by atoms with E-state index < -0.39 is 0 Å². The summed E-state index contributed by atoms with van der Waals surface area (Å²) in [5, 5.41) is 3.65. The number of hydrogen-bond donors (Lipinski definition) is 2. The van der Waals surface area contributed by atoms with Crippen LogP contribution in [0.1, 0.15) is 16.8 Å². The maximum atomic E-state index is 12.7. The lowest BCUT2D eigenvalue weighted by molar-refractivity contribution is 0.201. The molecule has 2 aromatic carbocycles. The molecule has 3 N–H and O–H groups in total. The van der Waals surface area contributed by atoms with Crippen molar-refractivity contribution >= 4 is 41.3 Å². The van der Waals surface area contributed by atoms with Gasteiger partial charge in [0.1, 0.15) is 12.4 Å². The van der Waals surface area contributed by atoms with Crippen molar-refractivity contribution in [2.45, 2.75) is 13.1 Å².